The number of ether oxygens (including phenoxy) is 1. The molecule has 0 aromatic rings. The molecular weight excluding hydrogens is 102 g/mol. The lowest BCUT2D eigenvalue weighted by atomic mass is 9.81. The average molecular weight is 115 g/mol. The van der Waals surface area contributed by atoms with Gasteiger partial charge < -0.3 is 10.5 Å². The fourth-order valence-corrected chi connectivity index (χ4v) is 1.02. The third-order valence-corrected chi connectivity index (χ3v) is 1.86. The lowest BCUT2D eigenvalue weighted by Gasteiger charge is -2.32. The van der Waals surface area contributed by atoms with E-state index in [0.717, 1.165) is 6.61 Å². The van der Waals surface area contributed by atoms with E-state index in [1.54, 1.807) is 7.11 Å². The summed E-state index contributed by atoms with van der Waals surface area (Å²) in [6.45, 7) is 0.848. The highest BCUT2D eigenvalue weighted by atomic mass is 16.5. The molecule has 0 saturated heterocycles. The van der Waals surface area contributed by atoms with Crippen molar-refractivity contribution in [2.75, 3.05) is 13.7 Å². The zero-order chi connectivity index (χ0) is 5.98. The van der Waals surface area contributed by atoms with E-state index in [1.165, 1.54) is 12.8 Å². The van der Waals surface area contributed by atoms with E-state index >= 15 is 0 Å². The Bertz CT molecular complexity index is 74.9. The molecule has 1 aliphatic carbocycles. The quantitative estimate of drug-likeness (QED) is 0.564. The Morgan fingerprint density at radius 3 is 2.50 bits per heavy atom. The fourth-order valence-electron chi connectivity index (χ4n) is 1.02. The monoisotopic (exact) mass is 115 g/mol. The SMILES string of the molecule is COC[C@H]1CC[C@@H]1N. The van der Waals surface area contributed by atoms with Crippen LogP contribution in [-0.2, 0) is 4.74 Å². The molecule has 2 atom stereocenters. The summed E-state index contributed by atoms with van der Waals surface area (Å²) in [5.74, 6) is 0.653. The highest BCUT2D eigenvalue weighted by Crippen LogP contribution is 2.24. The normalized spacial score (nSPS) is 36.8. The van der Waals surface area contributed by atoms with Crippen molar-refractivity contribution < 1.29 is 4.74 Å². The zero-order valence-corrected chi connectivity index (χ0v) is 5.26. The van der Waals surface area contributed by atoms with Crippen molar-refractivity contribution >= 4 is 0 Å². The molecule has 0 aromatic heterocycles. The summed E-state index contributed by atoms with van der Waals surface area (Å²) in [5, 5.41) is 0. The van der Waals surface area contributed by atoms with Gasteiger partial charge in [0.25, 0.3) is 0 Å². The molecule has 8 heavy (non-hydrogen) atoms. The lowest BCUT2D eigenvalue weighted by molar-refractivity contribution is 0.0945. The number of hydrogen-bond acceptors (Lipinski definition) is 2. The van der Waals surface area contributed by atoms with E-state index in [-0.39, 0.29) is 0 Å². The minimum absolute atomic E-state index is 0.426. The van der Waals surface area contributed by atoms with E-state index in [9.17, 15) is 0 Å². The largest absolute Gasteiger partial charge is 0.384 e. The summed E-state index contributed by atoms with van der Waals surface area (Å²) >= 11 is 0. The van der Waals surface area contributed by atoms with Crippen molar-refractivity contribution in [3.63, 3.8) is 0 Å². The number of methoxy groups -OCH3 is 1. The van der Waals surface area contributed by atoms with Crippen LogP contribution in [0.4, 0.5) is 0 Å². The molecular formula is C6H13NO. The van der Waals surface area contributed by atoms with Gasteiger partial charge in [-0.3, -0.25) is 0 Å². The van der Waals surface area contributed by atoms with Crippen LogP contribution in [0.1, 0.15) is 12.8 Å². The van der Waals surface area contributed by atoms with Gasteiger partial charge in [-0.15, -0.1) is 0 Å². The van der Waals surface area contributed by atoms with Crippen molar-refractivity contribution in [1.29, 1.82) is 0 Å². The van der Waals surface area contributed by atoms with Crippen molar-refractivity contribution in [2.24, 2.45) is 11.7 Å². The van der Waals surface area contributed by atoms with E-state index in [0.29, 0.717) is 12.0 Å². The van der Waals surface area contributed by atoms with E-state index in [1.807, 2.05) is 0 Å². The molecule has 0 radical (unpaired) electrons. The Balaban J connectivity index is 2.08. The summed E-state index contributed by atoms with van der Waals surface area (Å²) in [5.41, 5.74) is 5.63. The summed E-state index contributed by atoms with van der Waals surface area (Å²) in [6, 6.07) is 0.426. The molecule has 0 spiro atoms. The smallest absolute Gasteiger partial charge is 0.0505 e. The van der Waals surface area contributed by atoms with Crippen LogP contribution in [0.5, 0.6) is 0 Å². The maximum atomic E-state index is 5.63. The second kappa shape index (κ2) is 2.46. The molecule has 2 N–H and O–H groups in total. The predicted molar refractivity (Wildman–Crippen MR) is 32.6 cm³/mol. The summed E-state index contributed by atoms with van der Waals surface area (Å²) in [6.07, 6.45) is 2.45. The number of nitrogens with two attached hydrogens (primary N) is 1. The van der Waals surface area contributed by atoms with Crippen molar-refractivity contribution in [3.05, 3.63) is 0 Å². The first-order chi connectivity index (χ1) is 3.84. The maximum Gasteiger partial charge on any atom is 0.0505 e. The van der Waals surface area contributed by atoms with Gasteiger partial charge in [-0.05, 0) is 18.8 Å². The van der Waals surface area contributed by atoms with E-state index < -0.39 is 0 Å². The third kappa shape index (κ3) is 1.01. The molecule has 0 aliphatic heterocycles. The second-order valence-electron chi connectivity index (χ2n) is 2.46. The van der Waals surface area contributed by atoms with E-state index in [4.69, 9.17) is 10.5 Å². The molecule has 1 rings (SSSR count). The zero-order valence-electron chi connectivity index (χ0n) is 5.26. The summed E-state index contributed by atoms with van der Waals surface area (Å²) < 4.78 is 4.94. The first-order valence-corrected chi connectivity index (χ1v) is 3.09. The fraction of sp³-hybridized carbons (Fsp3) is 1.00. The van der Waals surface area contributed by atoms with Crippen molar-refractivity contribution in [2.45, 2.75) is 18.9 Å². The van der Waals surface area contributed by atoms with E-state index in [2.05, 4.69) is 0 Å². The molecule has 0 amide bonds. The molecule has 1 fully saturated rings. The molecule has 0 aromatic carbocycles. The number of hydrogen-bond donors (Lipinski definition) is 1. The predicted octanol–water partition coefficient (Wildman–Crippen LogP) is 0.370. The molecule has 1 aliphatic rings. The summed E-state index contributed by atoms with van der Waals surface area (Å²) in [7, 11) is 1.73. The first-order valence-electron chi connectivity index (χ1n) is 3.09. The van der Waals surface area contributed by atoms with Crippen molar-refractivity contribution in [1.82, 2.24) is 0 Å². The van der Waals surface area contributed by atoms with Crippen LogP contribution in [0, 0.1) is 5.92 Å². The molecule has 2 nitrogen and oxygen atoms in total. The van der Waals surface area contributed by atoms with Gasteiger partial charge in [-0.2, -0.15) is 0 Å². The highest BCUT2D eigenvalue weighted by Gasteiger charge is 2.26. The van der Waals surface area contributed by atoms with Gasteiger partial charge in [0.2, 0.25) is 0 Å². The lowest BCUT2D eigenvalue weighted by Crippen LogP contribution is -2.41. The minimum Gasteiger partial charge on any atom is -0.384 e. The summed E-state index contributed by atoms with van der Waals surface area (Å²) in [4.78, 5) is 0. The van der Waals surface area contributed by atoms with Crippen molar-refractivity contribution in [3.8, 4) is 0 Å². The van der Waals surface area contributed by atoms with Crippen LogP contribution in [0.2, 0.25) is 0 Å². The van der Waals surface area contributed by atoms with Crippen LogP contribution in [0.15, 0.2) is 0 Å². The minimum atomic E-state index is 0.426. The van der Waals surface area contributed by atoms with Gasteiger partial charge in [0.15, 0.2) is 0 Å². The second-order valence-corrected chi connectivity index (χ2v) is 2.46. The van der Waals surface area contributed by atoms with Gasteiger partial charge in [-0.1, -0.05) is 0 Å². The van der Waals surface area contributed by atoms with Gasteiger partial charge in [0.05, 0.1) is 6.61 Å². The molecule has 48 valence electrons. The van der Waals surface area contributed by atoms with Crippen LogP contribution in [0.25, 0.3) is 0 Å². The highest BCUT2D eigenvalue weighted by molar-refractivity contribution is 4.82. The Labute approximate surface area is 50.0 Å². The molecule has 0 bridgehead atoms. The number of rotatable bonds is 2. The standard InChI is InChI=1S/C6H13NO/c1-8-4-5-2-3-6(5)7/h5-6H,2-4,7H2,1H3/t5-,6+/m1/s1. The molecule has 0 heterocycles. The molecule has 0 unspecified atom stereocenters. The molecule has 1 saturated carbocycles. The topological polar surface area (TPSA) is 35.2 Å². The average Bonchev–Trinajstić information content (AvgIpc) is 1.79. The van der Waals surface area contributed by atoms with Gasteiger partial charge in [0.1, 0.15) is 0 Å². The Morgan fingerprint density at radius 2 is 2.38 bits per heavy atom. The van der Waals surface area contributed by atoms with Crippen LogP contribution >= 0.6 is 0 Å². The Morgan fingerprint density at radius 1 is 1.62 bits per heavy atom. The third-order valence-electron chi connectivity index (χ3n) is 1.86. The van der Waals surface area contributed by atoms with Gasteiger partial charge >= 0.3 is 0 Å². The maximum absolute atomic E-state index is 5.63. The van der Waals surface area contributed by atoms with Crippen LogP contribution < -0.4 is 5.73 Å². The molecule has 2 heteroatoms. The Hall–Kier alpha value is -0.0800. The Kier molecular flexibility index (Phi) is 1.86. The van der Waals surface area contributed by atoms with Crippen LogP contribution in [-0.4, -0.2) is 19.8 Å². The first kappa shape index (κ1) is 6.05. The van der Waals surface area contributed by atoms with Crippen LogP contribution in [0.3, 0.4) is 0 Å². The van der Waals surface area contributed by atoms with Gasteiger partial charge in [0, 0.05) is 13.2 Å². The van der Waals surface area contributed by atoms with Gasteiger partial charge in [-0.25, -0.2) is 0 Å².